The number of carboxylic acid groups (broad SMARTS) is 1. The molecule has 0 aromatic rings. The molecule has 4 heteroatoms. The lowest BCUT2D eigenvalue weighted by atomic mass is 9.94. The minimum atomic E-state index is -0.989. The second-order valence-electron chi connectivity index (χ2n) is 5.90. The number of carbonyl (C=O) groups excluding carboxylic acids is 1. The molecule has 0 rings (SSSR count). The van der Waals surface area contributed by atoms with E-state index < -0.39 is 12.0 Å². The van der Waals surface area contributed by atoms with Crippen LogP contribution in [0.1, 0.15) is 78.1 Å². The van der Waals surface area contributed by atoms with Gasteiger partial charge in [0.15, 0.2) is 0 Å². The van der Waals surface area contributed by atoms with E-state index in [0.717, 1.165) is 12.8 Å². The Morgan fingerprint density at radius 2 is 1.60 bits per heavy atom. The van der Waals surface area contributed by atoms with E-state index in [0.29, 0.717) is 19.3 Å². The molecule has 118 valence electrons. The van der Waals surface area contributed by atoms with Crippen LogP contribution in [-0.4, -0.2) is 22.9 Å². The van der Waals surface area contributed by atoms with Gasteiger partial charge in [0.05, 0.1) is 0 Å². The molecule has 4 nitrogen and oxygen atoms in total. The quantitative estimate of drug-likeness (QED) is 0.507. The molecule has 0 aromatic heterocycles. The maximum absolute atomic E-state index is 11.8. The Kier molecular flexibility index (Phi) is 11.4. The van der Waals surface area contributed by atoms with Crippen molar-refractivity contribution in [3.63, 3.8) is 0 Å². The van der Waals surface area contributed by atoms with E-state index in [1.807, 2.05) is 6.92 Å². The predicted octanol–water partition coefficient (Wildman–Crippen LogP) is 3.52. The number of rotatable bonds is 13. The van der Waals surface area contributed by atoms with Crippen LogP contribution in [0.3, 0.4) is 0 Å². The fourth-order valence-corrected chi connectivity index (χ4v) is 2.39. The van der Waals surface area contributed by atoms with Gasteiger partial charge in [-0.1, -0.05) is 52.4 Å². The van der Waals surface area contributed by atoms with Crippen molar-refractivity contribution in [3.8, 4) is 0 Å². The third kappa shape index (κ3) is 11.0. The highest BCUT2D eigenvalue weighted by atomic mass is 16.4. The standard InChI is InChI=1S/C16H31NO3/c1-3-4-5-6-7-8-9-10-14(18)11-13(2)12-15(17)16(19)20/h13,15H,3-12,17H2,1-2H3,(H,19,20)/t13?,15-/m1/s1. The minimum absolute atomic E-state index is 0.0538. The Morgan fingerprint density at radius 1 is 1.05 bits per heavy atom. The van der Waals surface area contributed by atoms with E-state index >= 15 is 0 Å². The minimum Gasteiger partial charge on any atom is -0.480 e. The van der Waals surface area contributed by atoms with E-state index in [2.05, 4.69) is 6.92 Å². The highest BCUT2D eigenvalue weighted by molar-refractivity contribution is 5.78. The summed E-state index contributed by atoms with van der Waals surface area (Å²) in [6.07, 6.45) is 9.89. The molecule has 2 atom stereocenters. The molecule has 0 saturated heterocycles. The lowest BCUT2D eigenvalue weighted by Gasteiger charge is -2.13. The molecule has 0 spiro atoms. The van der Waals surface area contributed by atoms with Crippen LogP contribution in [0.4, 0.5) is 0 Å². The molecule has 0 heterocycles. The third-order valence-corrected chi connectivity index (χ3v) is 3.61. The summed E-state index contributed by atoms with van der Waals surface area (Å²) in [6, 6.07) is -0.851. The molecule has 0 saturated carbocycles. The molecule has 0 fully saturated rings. The molecule has 0 aliphatic heterocycles. The van der Waals surface area contributed by atoms with Crippen molar-refractivity contribution in [1.82, 2.24) is 0 Å². The molecule has 0 amide bonds. The summed E-state index contributed by atoms with van der Waals surface area (Å²) in [4.78, 5) is 22.4. The summed E-state index contributed by atoms with van der Waals surface area (Å²) in [7, 11) is 0. The van der Waals surface area contributed by atoms with Gasteiger partial charge < -0.3 is 10.8 Å². The molecule has 3 N–H and O–H groups in total. The number of carboxylic acids is 1. The third-order valence-electron chi connectivity index (χ3n) is 3.61. The summed E-state index contributed by atoms with van der Waals surface area (Å²) < 4.78 is 0. The normalized spacial score (nSPS) is 13.9. The number of hydrogen-bond donors (Lipinski definition) is 2. The lowest BCUT2D eigenvalue weighted by molar-refractivity contribution is -0.139. The van der Waals surface area contributed by atoms with E-state index in [1.165, 1.54) is 32.1 Å². The van der Waals surface area contributed by atoms with Gasteiger partial charge in [-0.25, -0.2) is 0 Å². The maximum atomic E-state index is 11.8. The van der Waals surface area contributed by atoms with Crippen molar-refractivity contribution in [2.24, 2.45) is 11.7 Å². The predicted molar refractivity (Wildman–Crippen MR) is 81.6 cm³/mol. The Balaban J connectivity index is 3.55. The number of hydrogen-bond acceptors (Lipinski definition) is 3. The van der Waals surface area contributed by atoms with Gasteiger partial charge in [-0.15, -0.1) is 0 Å². The van der Waals surface area contributed by atoms with E-state index in [1.54, 1.807) is 0 Å². The van der Waals surface area contributed by atoms with Crippen LogP contribution in [0.2, 0.25) is 0 Å². The Morgan fingerprint density at radius 3 is 2.15 bits per heavy atom. The number of Topliss-reactive ketones (excluding diaryl/α,β-unsaturated/α-hetero) is 1. The highest BCUT2D eigenvalue weighted by Gasteiger charge is 2.17. The summed E-state index contributed by atoms with van der Waals surface area (Å²) in [5.41, 5.74) is 5.46. The topological polar surface area (TPSA) is 80.4 Å². The number of carbonyl (C=O) groups is 2. The van der Waals surface area contributed by atoms with Gasteiger partial charge in [-0.3, -0.25) is 9.59 Å². The van der Waals surface area contributed by atoms with E-state index in [9.17, 15) is 9.59 Å². The zero-order chi connectivity index (χ0) is 15.4. The Labute approximate surface area is 123 Å². The van der Waals surface area contributed by atoms with Crippen molar-refractivity contribution in [2.45, 2.75) is 84.1 Å². The van der Waals surface area contributed by atoms with Crippen molar-refractivity contribution in [1.29, 1.82) is 0 Å². The molecule has 0 radical (unpaired) electrons. The zero-order valence-corrected chi connectivity index (χ0v) is 13.1. The van der Waals surface area contributed by atoms with Gasteiger partial charge in [0.1, 0.15) is 11.8 Å². The van der Waals surface area contributed by atoms with Crippen molar-refractivity contribution in [3.05, 3.63) is 0 Å². The smallest absolute Gasteiger partial charge is 0.320 e. The van der Waals surface area contributed by atoms with Crippen molar-refractivity contribution < 1.29 is 14.7 Å². The molecule has 0 bridgehead atoms. The molecule has 20 heavy (non-hydrogen) atoms. The van der Waals surface area contributed by atoms with Crippen LogP contribution in [0.25, 0.3) is 0 Å². The average molecular weight is 285 g/mol. The number of ketones is 1. The van der Waals surface area contributed by atoms with Crippen molar-refractivity contribution >= 4 is 11.8 Å². The van der Waals surface area contributed by atoms with Gasteiger partial charge in [0.2, 0.25) is 0 Å². The fraction of sp³-hybridized carbons (Fsp3) is 0.875. The Hall–Kier alpha value is -0.900. The second kappa shape index (κ2) is 11.9. The first-order chi connectivity index (χ1) is 9.47. The van der Waals surface area contributed by atoms with Gasteiger partial charge in [0, 0.05) is 12.8 Å². The van der Waals surface area contributed by atoms with Crippen LogP contribution >= 0.6 is 0 Å². The molecular weight excluding hydrogens is 254 g/mol. The zero-order valence-electron chi connectivity index (χ0n) is 13.1. The molecule has 0 aliphatic carbocycles. The molecule has 1 unspecified atom stereocenters. The molecular formula is C16H31NO3. The maximum Gasteiger partial charge on any atom is 0.320 e. The first-order valence-corrected chi connectivity index (χ1v) is 7.97. The van der Waals surface area contributed by atoms with Crippen LogP contribution in [0.15, 0.2) is 0 Å². The summed E-state index contributed by atoms with van der Waals surface area (Å²) in [5.74, 6) is -0.696. The Bertz CT molecular complexity index is 279. The number of unbranched alkanes of at least 4 members (excludes halogenated alkanes) is 6. The van der Waals surface area contributed by atoms with Gasteiger partial charge >= 0.3 is 5.97 Å². The average Bonchev–Trinajstić information content (AvgIpc) is 2.37. The van der Waals surface area contributed by atoms with Gasteiger partial charge in [-0.2, -0.15) is 0 Å². The summed E-state index contributed by atoms with van der Waals surface area (Å²) in [6.45, 7) is 4.10. The summed E-state index contributed by atoms with van der Waals surface area (Å²) >= 11 is 0. The second-order valence-corrected chi connectivity index (χ2v) is 5.90. The fourth-order valence-electron chi connectivity index (χ4n) is 2.39. The summed E-state index contributed by atoms with van der Waals surface area (Å²) in [5, 5.41) is 8.72. The van der Waals surface area contributed by atoms with Crippen molar-refractivity contribution in [2.75, 3.05) is 0 Å². The van der Waals surface area contributed by atoms with Crippen LogP contribution in [0.5, 0.6) is 0 Å². The molecule has 0 aromatic carbocycles. The number of aliphatic carboxylic acids is 1. The monoisotopic (exact) mass is 285 g/mol. The first kappa shape index (κ1) is 19.1. The largest absolute Gasteiger partial charge is 0.480 e. The van der Waals surface area contributed by atoms with E-state index in [4.69, 9.17) is 10.8 Å². The first-order valence-electron chi connectivity index (χ1n) is 7.97. The van der Waals surface area contributed by atoms with Crippen LogP contribution in [-0.2, 0) is 9.59 Å². The molecule has 0 aliphatic rings. The number of nitrogens with two attached hydrogens (primary N) is 1. The lowest BCUT2D eigenvalue weighted by Crippen LogP contribution is -2.32. The highest BCUT2D eigenvalue weighted by Crippen LogP contribution is 2.14. The van der Waals surface area contributed by atoms with Gasteiger partial charge in [-0.05, 0) is 18.8 Å². The van der Waals surface area contributed by atoms with E-state index in [-0.39, 0.29) is 11.7 Å². The van der Waals surface area contributed by atoms with Gasteiger partial charge in [0.25, 0.3) is 0 Å². The van der Waals surface area contributed by atoms with Crippen LogP contribution < -0.4 is 5.73 Å². The SMILES string of the molecule is CCCCCCCCCC(=O)CC(C)C[C@@H](N)C(=O)O. The van der Waals surface area contributed by atoms with Crippen LogP contribution in [0, 0.1) is 5.92 Å².